The molecule has 1 atom stereocenters. The zero-order valence-corrected chi connectivity index (χ0v) is 15.1. The maximum atomic E-state index is 12.5. The lowest BCUT2D eigenvalue weighted by Crippen LogP contribution is -2.19. The van der Waals surface area contributed by atoms with Gasteiger partial charge in [-0.25, -0.2) is 0 Å². The Hall–Kier alpha value is -2.69. The maximum absolute atomic E-state index is 12.5. The Balaban J connectivity index is 2.12. The first-order chi connectivity index (χ1) is 11.8. The number of nitro benzene ring substituents is 1. The molecule has 2 aromatic rings. The third-order valence-corrected chi connectivity index (χ3v) is 4.21. The highest BCUT2D eigenvalue weighted by Gasteiger charge is 2.17. The van der Waals surface area contributed by atoms with E-state index in [0.29, 0.717) is 11.6 Å². The molecule has 2 rings (SSSR count). The van der Waals surface area contributed by atoms with Crippen LogP contribution in [0.25, 0.3) is 0 Å². The number of benzene rings is 2. The third kappa shape index (κ3) is 4.89. The molecule has 0 saturated carbocycles. The van der Waals surface area contributed by atoms with E-state index in [1.807, 2.05) is 26.0 Å². The van der Waals surface area contributed by atoms with Crippen LogP contribution in [0.1, 0.15) is 43.4 Å². The number of amides is 1. The first kappa shape index (κ1) is 18.6. The van der Waals surface area contributed by atoms with Gasteiger partial charge in [-0.2, -0.15) is 0 Å². The normalized spacial score (nSPS) is 12.0. The molecule has 0 aliphatic carbocycles. The predicted molar refractivity (Wildman–Crippen MR) is 99.9 cm³/mol. The number of hydrogen-bond donors (Lipinski definition) is 1. The van der Waals surface area contributed by atoms with Crippen molar-refractivity contribution in [1.82, 2.24) is 0 Å². The van der Waals surface area contributed by atoms with E-state index < -0.39 is 4.92 Å². The van der Waals surface area contributed by atoms with E-state index in [0.717, 1.165) is 17.5 Å². The molecule has 5 heteroatoms. The zero-order chi connectivity index (χ0) is 18.6. The maximum Gasteiger partial charge on any atom is 0.271 e. The highest BCUT2D eigenvalue weighted by Crippen LogP contribution is 2.24. The second-order valence-electron chi connectivity index (χ2n) is 6.81. The number of aryl methyl sites for hydroxylation is 1. The lowest BCUT2D eigenvalue weighted by molar-refractivity contribution is -0.384. The summed E-state index contributed by atoms with van der Waals surface area (Å²) in [5.41, 5.74) is 3.40. The van der Waals surface area contributed by atoms with E-state index in [4.69, 9.17) is 0 Å². The van der Waals surface area contributed by atoms with Gasteiger partial charge in [-0.15, -0.1) is 0 Å². The summed E-state index contributed by atoms with van der Waals surface area (Å²) in [6.07, 6.45) is 1.01. The van der Waals surface area contributed by atoms with Crippen LogP contribution in [0.5, 0.6) is 0 Å². The predicted octanol–water partition coefficient (Wildman–Crippen LogP) is 4.84. The van der Waals surface area contributed by atoms with Gasteiger partial charge in [0.2, 0.25) is 5.91 Å². The van der Waals surface area contributed by atoms with Crippen LogP contribution >= 0.6 is 0 Å². The van der Waals surface area contributed by atoms with Gasteiger partial charge in [0.25, 0.3) is 5.69 Å². The number of carbonyl (C=O) groups is 1. The van der Waals surface area contributed by atoms with E-state index in [1.165, 1.54) is 17.7 Å². The Morgan fingerprint density at radius 1 is 1.12 bits per heavy atom. The van der Waals surface area contributed by atoms with Crippen LogP contribution in [0.2, 0.25) is 0 Å². The third-order valence-electron chi connectivity index (χ3n) is 4.21. The van der Waals surface area contributed by atoms with Crippen molar-refractivity contribution in [1.29, 1.82) is 0 Å². The first-order valence-corrected chi connectivity index (χ1v) is 8.42. The minimum atomic E-state index is -0.466. The molecule has 5 nitrogen and oxygen atoms in total. The van der Waals surface area contributed by atoms with Crippen LogP contribution in [-0.4, -0.2) is 10.8 Å². The number of nitrogens with zero attached hydrogens (tertiary/aromatic N) is 1. The summed E-state index contributed by atoms with van der Waals surface area (Å²) < 4.78 is 0. The van der Waals surface area contributed by atoms with Gasteiger partial charge in [-0.1, -0.05) is 44.2 Å². The molecular weight excluding hydrogens is 316 g/mol. The van der Waals surface area contributed by atoms with Gasteiger partial charge in [0.05, 0.1) is 16.5 Å². The van der Waals surface area contributed by atoms with E-state index in [1.54, 1.807) is 6.07 Å². The van der Waals surface area contributed by atoms with Gasteiger partial charge >= 0.3 is 0 Å². The molecule has 0 aliphatic rings. The van der Waals surface area contributed by atoms with Crippen LogP contribution < -0.4 is 5.32 Å². The molecule has 0 spiro atoms. The van der Waals surface area contributed by atoms with Crippen LogP contribution in [0, 0.1) is 23.0 Å². The second-order valence-corrected chi connectivity index (χ2v) is 6.81. The number of rotatable bonds is 6. The highest BCUT2D eigenvalue weighted by molar-refractivity contribution is 5.96. The topological polar surface area (TPSA) is 72.2 Å². The van der Waals surface area contributed by atoms with Gasteiger partial charge in [-0.05, 0) is 42.9 Å². The molecular formula is C20H24N2O3. The summed E-state index contributed by atoms with van der Waals surface area (Å²) in [6.45, 7) is 7.99. The molecule has 0 heterocycles. The molecule has 25 heavy (non-hydrogen) atoms. The van der Waals surface area contributed by atoms with E-state index >= 15 is 0 Å². The second kappa shape index (κ2) is 7.92. The van der Waals surface area contributed by atoms with Crippen LogP contribution in [0.3, 0.4) is 0 Å². The molecule has 1 N–H and O–H groups in total. The fraction of sp³-hybridized carbons (Fsp3) is 0.350. The first-order valence-electron chi connectivity index (χ1n) is 8.42. The smallest absolute Gasteiger partial charge is 0.271 e. The summed E-state index contributed by atoms with van der Waals surface area (Å²) in [6, 6.07) is 12.5. The van der Waals surface area contributed by atoms with E-state index in [2.05, 4.69) is 31.3 Å². The number of non-ortho nitro benzene ring substituents is 1. The molecule has 2 aromatic carbocycles. The van der Waals surface area contributed by atoms with Crippen molar-refractivity contribution in [2.75, 3.05) is 5.32 Å². The number of hydrogen-bond acceptors (Lipinski definition) is 3. The summed E-state index contributed by atoms with van der Waals surface area (Å²) in [7, 11) is 0. The van der Waals surface area contributed by atoms with Crippen LogP contribution in [-0.2, 0) is 11.2 Å². The van der Waals surface area contributed by atoms with Crippen molar-refractivity contribution < 1.29 is 9.72 Å². The number of carbonyl (C=O) groups excluding carboxylic acids is 1. The average molecular weight is 340 g/mol. The summed E-state index contributed by atoms with van der Waals surface area (Å²) in [5, 5.41) is 13.7. The van der Waals surface area contributed by atoms with Crippen LogP contribution in [0.15, 0.2) is 42.5 Å². The number of anilines is 1. The summed E-state index contributed by atoms with van der Waals surface area (Å²) >= 11 is 0. The van der Waals surface area contributed by atoms with Gasteiger partial charge in [0, 0.05) is 12.1 Å². The summed E-state index contributed by atoms with van der Waals surface area (Å²) in [5.74, 6) is 0.0652. The SMILES string of the molecule is Cc1ccc([N+](=O)[O-])cc1NC(=O)C(C)c1ccc(CC(C)C)cc1. The quantitative estimate of drug-likeness (QED) is 0.604. The minimum Gasteiger partial charge on any atom is -0.325 e. The Morgan fingerprint density at radius 3 is 2.32 bits per heavy atom. The number of nitrogens with one attached hydrogen (secondary N) is 1. The lowest BCUT2D eigenvalue weighted by atomic mass is 9.96. The Kier molecular flexibility index (Phi) is 5.91. The van der Waals surface area contributed by atoms with Gasteiger partial charge in [0.15, 0.2) is 0 Å². The molecule has 1 unspecified atom stereocenters. The largest absolute Gasteiger partial charge is 0.325 e. The van der Waals surface area contributed by atoms with Crippen molar-refractivity contribution in [3.63, 3.8) is 0 Å². The molecule has 0 fully saturated rings. The number of nitro groups is 1. The molecule has 0 radical (unpaired) electrons. The lowest BCUT2D eigenvalue weighted by Gasteiger charge is -2.15. The minimum absolute atomic E-state index is 0.0356. The highest BCUT2D eigenvalue weighted by atomic mass is 16.6. The monoisotopic (exact) mass is 340 g/mol. The Bertz CT molecular complexity index is 767. The molecule has 1 amide bonds. The molecule has 0 saturated heterocycles. The Morgan fingerprint density at radius 2 is 1.76 bits per heavy atom. The van der Waals surface area contributed by atoms with Gasteiger partial charge < -0.3 is 5.32 Å². The van der Waals surface area contributed by atoms with Gasteiger partial charge in [-0.3, -0.25) is 14.9 Å². The molecule has 0 aliphatic heterocycles. The van der Waals surface area contributed by atoms with Crippen molar-refractivity contribution in [2.45, 2.75) is 40.0 Å². The molecule has 0 bridgehead atoms. The van der Waals surface area contributed by atoms with Crippen molar-refractivity contribution in [2.24, 2.45) is 5.92 Å². The van der Waals surface area contributed by atoms with Crippen molar-refractivity contribution >= 4 is 17.3 Å². The standard InChI is InChI=1S/C20H24N2O3/c1-13(2)11-16-6-8-17(9-7-16)15(4)20(23)21-19-12-18(22(24)25)10-5-14(19)3/h5-10,12-13,15H,11H2,1-4H3,(H,21,23). The average Bonchev–Trinajstić information content (AvgIpc) is 2.56. The van der Waals surface area contributed by atoms with E-state index in [-0.39, 0.29) is 17.5 Å². The van der Waals surface area contributed by atoms with Crippen molar-refractivity contribution in [3.8, 4) is 0 Å². The van der Waals surface area contributed by atoms with Gasteiger partial charge in [0.1, 0.15) is 0 Å². The zero-order valence-electron chi connectivity index (χ0n) is 15.1. The molecule has 132 valence electrons. The Labute approximate surface area is 148 Å². The fourth-order valence-corrected chi connectivity index (χ4v) is 2.66. The molecule has 0 aromatic heterocycles. The fourth-order valence-electron chi connectivity index (χ4n) is 2.66. The van der Waals surface area contributed by atoms with Crippen molar-refractivity contribution in [3.05, 3.63) is 69.3 Å². The van der Waals surface area contributed by atoms with Crippen LogP contribution in [0.4, 0.5) is 11.4 Å². The summed E-state index contributed by atoms with van der Waals surface area (Å²) in [4.78, 5) is 23.0. The van der Waals surface area contributed by atoms with E-state index in [9.17, 15) is 14.9 Å².